The summed E-state index contributed by atoms with van der Waals surface area (Å²) in [6, 6.07) is 3.80. The summed E-state index contributed by atoms with van der Waals surface area (Å²) in [4.78, 5) is 24.5. The van der Waals surface area contributed by atoms with Gasteiger partial charge in [-0.25, -0.2) is 9.37 Å². The molecule has 1 heterocycles. The lowest BCUT2D eigenvalue weighted by atomic mass is 10.1. The van der Waals surface area contributed by atoms with Crippen molar-refractivity contribution in [3.05, 3.63) is 45.4 Å². The number of nitro benzene ring substituents is 1. The molecule has 0 amide bonds. The Balaban J connectivity index is 2.92. The number of pyridine rings is 1. The highest BCUT2D eigenvalue weighted by atomic mass is 19.1. The van der Waals surface area contributed by atoms with Gasteiger partial charge in [0.2, 0.25) is 0 Å². The molecule has 0 bridgehead atoms. The first-order valence-electron chi connectivity index (χ1n) is 4.74. The molecule has 0 aliphatic rings. The highest BCUT2D eigenvalue weighted by Gasteiger charge is 2.18. The first kappa shape index (κ1) is 11.1. The molecule has 2 rings (SSSR count). The molecule has 0 atom stereocenters. The van der Waals surface area contributed by atoms with E-state index in [1.165, 1.54) is 19.1 Å². The third kappa shape index (κ3) is 1.73. The minimum absolute atomic E-state index is 0.0382. The highest BCUT2D eigenvalue weighted by Crippen LogP contribution is 2.28. The van der Waals surface area contributed by atoms with Gasteiger partial charge < -0.3 is 0 Å². The van der Waals surface area contributed by atoms with E-state index in [9.17, 15) is 19.3 Å². The van der Waals surface area contributed by atoms with E-state index in [-0.39, 0.29) is 27.8 Å². The molecule has 0 unspecified atom stereocenters. The summed E-state index contributed by atoms with van der Waals surface area (Å²) in [5.74, 6) is -0.644. The second-order valence-corrected chi connectivity index (χ2v) is 3.53. The number of fused-ring (bicyclic) bond motifs is 1. The van der Waals surface area contributed by atoms with Gasteiger partial charge in [0.25, 0.3) is 5.69 Å². The number of nitrogens with zero attached hydrogens (tertiary/aromatic N) is 2. The number of benzene rings is 1. The van der Waals surface area contributed by atoms with Crippen LogP contribution in [0, 0.1) is 22.9 Å². The number of hydrogen-bond acceptors (Lipinski definition) is 4. The summed E-state index contributed by atoms with van der Waals surface area (Å²) in [5, 5.41) is 10.9. The third-order valence-electron chi connectivity index (χ3n) is 2.42. The molecule has 1 aromatic heterocycles. The Bertz CT molecular complexity index is 640. The van der Waals surface area contributed by atoms with Gasteiger partial charge in [-0.1, -0.05) is 0 Å². The predicted molar refractivity (Wildman–Crippen MR) is 58.5 cm³/mol. The molecule has 5 nitrogen and oxygen atoms in total. The van der Waals surface area contributed by atoms with Gasteiger partial charge in [-0.05, 0) is 24.6 Å². The monoisotopic (exact) mass is 234 g/mol. The van der Waals surface area contributed by atoms with Crippen molar-refractivity contribution in [2.75, 3.05) is 0 Å². The van der Waals surface area contributed by atoms with Crippen LogP contribution < -0.4 is 0 Å². The van der Waals surface area contributed by atoms with E-state index in [0.29, 0.717) is 6.29 Å². The molecular weight excluding hydrogens is 227 g/mol. The van der Waals surface area contributed by atoms with Crippen LogP contribution in [0.4, 0.5) is 10.1 Å². The molecule has 1 aromatic carbocycles. The molecular formula is C11H7FN2O3. The standard InChI is InChI=1S/C11H7FN2O3/c1-6-4-9(14(16)17)8-3-2-7(5-15)13-11(8)10(6)12/h2-5H,1H3. The normalized spacial score (nSPS) is 10.5. The van der Waals surface area contributed by atoms with Crippen molar-refractivity contribution < 1.29 is 14.1 Å². The van der Waals surface area contributed by atoms with Crippen LogP contribution in [-0.4, -0.2) is 16.2 Å². The van der Waals surface area contributed by atoms with E-state index in [4.69, 9.17) is 0 Å². The lowest BCUT2D eigenvalue weighted by Gasteiger charge is -2.03. The van der Waals surface area contributed by atoms with Crippen LogP contribution in [0.5, 0.6) is 0 Å². The zero-order valence-electron chi connectivity index (χ0n) is 8.81. The van der Waals surface area contributed by atoms with Gasteiger partial charge in [0.1, 0.15) is 11.2 Å². The molecule has 6 heteroatoms. The van der Waals surface area contributed by atoms with Gasteiger partial charge in [-0.15, -0.1) is 0 Å². The number of carbonyl (C=O) groups excluding carboxylic acids is 1. The van der Waals surface area contributed by atoms with Gasteiger partial charge >= 0.3 is 0 Å². The van der Waals surface area contributed by atoms with Gasteiger partial charge in [0, 0.05) is 6.07 Å². The van der Waals surface area contributed by atoms with Crippen LogP contribution in [0.1, 0.15) is 16.1 Å². The number of rotatable bonds is 2. The fourth-order valence-electron chi connectivity index (χ4n) is 1.60. The number of aromatic nitrogens is 1. The van der Waals surface area contributed by atoms with Gasteiger partial charge in [0.15, 0.2) is 12.1 Å². The SMILES string of the molecule is Cc1cc([N+](=O)[O-])c2ccc(C=O)nc2c1F. The van der Waals surface area contributed by atoms with Crippen molar-refractivity contribution in [1.29, 1.82) is 0 Å². The number of aryl methyl sites for hydroxylation is 1. The van der Waals surface area contributed by atoms with E-state index in [1.54, 1.807) is 0 Å². The van der Waals surface area contributed by atoms with Gasteiger partial charge in [-0.2, -0.15) is 0 Å². The summed E-state index contributed by atoms with van der Waals surface area (Å²) in [6.45, 7) is 1.41. The average molecular weight is 234 g/mol. The zero-order valence-corrected chi connectivity index (χ0v) is 8.81. The lowest BCUT2D eigenvalue weighted by Crippen LogP contribution is -1.97. The molecule has 0 N–H and O–H groups in total. The number of carbonyl (C=O) groups is 1. The minimum Gasteiger partial charge on any atom is -0.296 e. The third-order valence-corrected chi connectivity index (χ3v) is 2.42. The Morgan fingerprint density at radius 3 is 2.76 bits per heavy atom. The van der Waals surface area contributed by atoms with Crippen molar-refractivity contribution in [3.8, 4) is 0 Å². The molecule has 0 aliphatic carbocycles. The molecule has 86 valence electrons. The van der Waals surface area contributed by atoms with E-state index < -0.39 is 10.7 Å². The molecule has 0 fully saturated rings. The van der Waals surface area contributed by atoms with Crippen molar-refractivity contribution >= 4 is 22.9 Å². The van der Waals surface area contributed by atoms with Gasteiger partial charge in [-0.3, -0.25) is 14.9 Å². The lowest BCUT2D eigenvalue weighted by molar-refractivity contribution is -0.383. The number of hydrogen-bond donors (Lipinski definition) is 0. The van der Waals surface area contributed by atoms with Crippen molar-refractivity contribution in [2.24, 2.45) is 0 Å². The number of halogens is 1. The topological polar surface area (TPSA) is 73.1 Å². The minimum atomic E-state index is -0.644. The van der Waals surface area contributed by atoms with E-state index in [0.717, 1.165) is 6.07 Å². The largest absolute Gasteiger partial charge is 0.296 e. The Morgan fingerprint density at radius 1 is 1.47 bits per heavy atom. The fraction of sp³-hybridized carbons (Fsp3) is 0.0909. The van der Waals surface area contributed by atoms with Crippen LogP contribution in [0.15, 0.2) is 18.2 Å². The molecule has 0 radical (unpaired) electrons. The van der Waals surface area contributed by atoms with Crippen LogP contribution in [-0.2, 0) is 0 Å². The van der Waals surface area contributed by atoms with Crippen LogP contribution in [0.25, 0.3) is 10.9 Å². The van der Waals surface area contributed by atoms with E-state index in [1.807, 2.05) is 0 Å². The molecule has 0 spiro atoms. The fourth-order valence-corrected chi connectivity index (χ4v) is 1.60. The van der Waals surface area contributed by atoms with Crippen LogP contribution in [0.3, 0.4) is 0 Å². The van der Waals surface area contributed by atoms with Crippen molar-refractivity contribution in [2.45, 2.75) is 6.92 Å². The molecule has 17 heavy (non-hydrogen) atoms. The quantitative estimate of drug-likeness (QED) is 0.454. The second kappa shape index (κ2) is 3.89. The van der Waals surface area contributed by atoms with Crippen LogP contribution in [0.2, 0.25) is 0 Å². The summed E-state index contributed by atoms with van der Waals surface area (Å²) in [6.07, 6.45) is 0.465. The summed E-state index contributed by atoms with van der Waals surface area (Å²) >= 11 is 0. The first-order chi connectivity index (χ1) is 8.04. The number of non-ortho nitro benzene ring substituents is 1. The summed E-state index contributed by atoms with van der Waals surface area (Å²) < 4.78 is 13.8. The maximum Gasteiger partial charge on any atom is 0.279 e. The summed E-state index contributed by atoms with van der Waals surface area (Å²) in [5.41, 5.74) is -0.207. The van der Waals surface area contributed by atoms with E-state index in [2.05, 4.69) is 4.98 Å². The highest BCUT2D eigenvalue weighted by molar-refractivity contribution is 5.91. The second-order valence-electron chi connectivity index (χ2n) is 3.53. The molecule has 2 aromatic rings. The number of aldehydes is 1. The zero-order chi connectivity index (χ0) is 12.6. The molecule has 0 aliphatic heterocycles. The Kier molecular flexibility index (Phi) is 2.55. The smallest absolute Gasteiger partial charge is 0.279 e. The van der Waals surface area contributed by atoms with Gasteiger partial charge in [0.05, 0.1) is 10.3 Å². The Labute approximate surface area is 95.0 Å². The summed E-state index contributed by atoms with van der Waals surface area (Å²) in [7, 11) is 0. The maximum absolute atomic E-state index is 13.8. The predicted octanol–water partition coefficient (Wildman–Crippen LogP) is 2.40. The Hall–Kier alpha value is -2.37. The van der Waals surface area contributed by atoms with Crippen LogP contribution >= 0.6 is 0 Å². The van der Waals surface area contributed by atoms with Crippen molar-refractivity contribution in [1.82, 2.24) is 4.98 Å². The first-order valence-corrected chi connectivity index (χ1v) is 4.74. The maximum atomic E-state index is 13.8. The van der Waals surface area contributed by atoms with Crippen molar-refractivity contribution in [3.63, 3.8) is 0 Å². The van der Waals surface area contributed by atoms with E-state index >= 15 is 0 Å². The molecule has 0 saturated carbocycles. The number of nitro groups is 1. The Morgan fingerprint density at radius 2 is 2.18 bits per heavy atom. The average Bonchev–Trinajstić information content (AvgIpc) is 2.32. The molecule has 0 saturated heterocycles.